The Hall–Kier alpha value is -5.18. The van der Waals surface area contributed by atoms with Gasteiger partial charge < -0.3 is 47.8 Å². The van der Waals surface area contributed by atoms with Crippen molar-refractivity contribution in [2.45, 2.75) is 62.7 Å². The van der Waals surface area contributed by atoms with E-state index in [2.05, 4.69) is 16.0 Å². The van der Waals surface area contributed by atoms with Crippen molar-refractivity contribution >= 4 is 35.6 Å². The summed E-state index contributed by atoms with van der Waals surface area (Å²) >= 11 is 0. The molecule has 0 aromatic heterocycles. The van der Waals surface area contributed by atoms with Gasteiger partial charge in [-0.1, -0.05) is 24.3 Å². The lowest BCUT2D eigenvalue weighted by molar-refractivity contribution is -0.143. The Labute approximate surface area is 246 Å². The summed E-state index contributed by atoms with van der Waals surface area (Å²) in [7, 11) is 0. The highest BCUT2D eigenvalue weighted by molar-refractivity contribution is 5.94. The van der Waals surface area contributed by atoms with E-state index in [1.807, 2.05) is 0 Å². The molecule has 0 bridgehead atoms. The Balaban J connectivity index is 2.25. The number of nitrogens with one attached hydrogen (secondary N) is 3. The summed E-state index contributed by atoms with van der Waals surface area (Å²) in [6.45, 7) is 0. The van der Waals surface area contributed by atoms with Gasteiger partial charge in [0.05, 0.1) is 6.04 Å². The van der Waals surface area contributed by atoms with Crippen molar-refractivity contribution in [3.05, 3.63) is 59.7 Å². The normalized spacial score (nSPS) is 13.5. The number of benzene rings is 2. The van der Waals surface area contributed by atoms with Gasteiger partial charge in [-0.3, -0.25) is 24.0 Å². The number of phenols is 2. The number of carbonyl (C=O) groups excluding carboxylic acids is 4. The first-order chi connectivity index (χ1) is 20.2. The van der Waals surface area contributed by atoms with Gasteiger partial charge in [0.15, 0.2) is 0 Å². The van der Waals surface area contributed by atoms with Crippen LogP contribution < -0.4 is 27.4 Å². The van der Waals surface area contributed by atoms with E-state index >= 15 is 0 Å². The third kappa shape index (κ3) is 12.1. The minimum atomic E-state index is -1.60. The Bertz CT molecular complexity index is 1300. The van der Waals surface area contributed by atoms with E-state index in [0.717, 1.165) is 0 Å². The molecule has 2 aromatic rings. The number of carbonyl (C=O) groups is 6. The first-order valence-electron chi connectivity index (χ1n) is 13.2. The fourth-order valence-electron chi connectivity index (χ4n) is 3.96. The van der Waals surface area contributed by atoms with E-state index in [1.54, 1.807) is 12.1 Å². The highest BCUT2D eigenvalue weighted by atomic mass is 16.4. The van der Waals surface area contributed by atoms with Gasteiger partial charge in [-0.15, -0.1) is 0 Å². The molecule has 11 N–H and O–H groups in total. The molecule has 15 heteroatoms. The van der Waals surface area contributed by atoms with Crippen LogP contribution in [0.5, 0.6) is 11.5 Å². The van der Waals surface area contributed by atoms with Gasteiger partial charge in [-0.05, 0) is 54.7 Å². The van der Waals surface area contributed by atoms with E-state index < -0.39 is 72.6 Å². The van der Waals surface area contributed by atoms with E-state index in [-0.39, 0.29) is 37.2 Å². The molecule has 2 aromatic carbocycles. The second-order valence-corrected chi connectivity index (χ2v) is 9.81. The van der Waals surface area contributed by atoms with Crippen LogP contribution in [-0.4, -0.2) is 80.2 Å². The Morgan fingerprint density at radius 1 is 0.628 bits per heavy atom. The summed E-state index contributed by atoms with van der Waals surface area (Å²) < 4.78 is 0. The number of aromatic hydroxyl groups is 2. The summed E-state index contributed by atoms with van der Waals surface area (Å²) in [5.41, 5.74) is 12.4. The van der Waals surface area contributed by atoms with Crippen LogP contribution in [0, 0.1) is 0 Å². The molecule has 0 aliphatic carbocycles. The molecule has 0 spiro atoms. The number of primary amides is 1. The maximum absolute atomic E-state index is 13.4. The molecule has 0 aliphatic rings. The average molecular weight is 602 g/mol. The molecule has 0 aliphatic heterocycles. The van der Waals surface area contributed by atoms with Crippen LogP contribution in [0.2, 0.25) is 0 Å². The highest BCUT2D eigenvalue weighted by Crippen LogP contribution is 2.14. The standard InChI is InChI=1S/C28H35N5O10/c29-19(13-15-1-5-17(34)6-2-15)25(39)33-22(14-16-3-7-18(35)8-4-16)27(41)31-20(9-11-23(30)36)26(40)32-21(28(42)43)10-12-24(37)38/h1-8,19-22,34-35H,9-14,29H2,(H2,30,36)(H,31,41)(H,32,40)(H,33,39)(H,37,38)(H,42,43)/t19-,20-,21-,22-/m0/s1. The number of phenolic OH excluding ortho intramolecular Hbond substituents is 2. The highest BCUT2D eigenvalue weighted by Gasteiger charge is 2.31. The van der Waals surface area contributed by atoms with Crippen LogP contribution >= 0.6 is 0 Å². The maximum atomic E-state index is 13.4. The number of rotatable bonds is 17. The molecule has 15 nitrogen and oxygen atoms in total. The van der Waals surface area contributed by atoms with Gasteiger partial charge in [0.25, 0.3) is 0 Å². The maximum Gasteiger partial charge on any atom is 0.326 e. The largest absolute Gasteiger partial charge is 0.508 e. The van der Waals surface area contributed by atoms with Crippen molar-refractivity contribution in [1.29, 1.82) is 0 Å². The fourth-order valence-corrected chi connectivity index (χ4v) is 3.96. The molecule has 43 heavy (non-hydrogen) atoms. The zero-order valence-corrected chi connectivity index (χ0v) is 23.1. The molecule has 0 radical (unpaired) electrons. The van der Waals surface area contributed by atoms with Crippen LogP contribution in [-0.2, 0) is 41.6 Å². The number of amides is 4. The molecule has 0 saturated heterocycles. The average Bonchev–Trinajstić information content (AvgIpc) is 2.94. The molecular weight excluding hydrogens is 566 g/mol. The van der Waals surface area contributed by atoms with Crippen LogP contribution in [0.15, 0.2) is 48.5 Å². The van der Waals surface area contributed by atoms with Crippen molar-refractivity contribution in [2.75, 3.05) is 0 Å². The van der Waals surface area contributed by atoms with E-state index in [9.17, 15) is 44.1 Å². The molecular formula is C28H35N5O10. The van der Waals surface area contributed by atoms with Gasteiger partial charge in [0.1, 0.15) is 29.6 Å². The van der Waals surface area contributed by atoms with Crippen molar-refractivity contribution in [2.24, 2.45) is 11.5 Å². The smallest absolute Gasteiger partial charge is 0.326 e. The number of carboxylic acids is 2. The van der Waals surface area contributed by atoms with Crippen LogP contribution in [0.1, 0.15) is 36.8 Å². The quantitative estimate of drug-likeness (QED) is 0.105. The molecule has 232 valence electrons. The number of nitrogens with two attached hydrogens (primary N) is 2. The Morgan fingerprint density at radius 3 is 1.56 bits per heavy atom. The summed E-state index contributed by atoms with van der Waals surface area (Å²) in [6.07, 6.45) is -1.72. The van der Waals surface area contributed by atoms with E-state index in [4.69, 9.17) is 16.6 Å². The third-order valence-electron chi connectivity index (χ3n) is 6.31. The number of carboxylic acid groups (broad SMARTS) is 2. The lowest BCUT2D eigenvalue weighted by atomic mass is 10.0. The number of hydrogen-bond acceptors (Lipinski definition) is 9. The Kier molecular flexibility index (Phi) is 12.9. The zero-order valence-electron chi connectivity index (χ0n) is 23.1. The van der Waals surface area contributed by atoms with Crippen LogP contribution in [0.25, 0.3) is 0 Å². The SMILES string of the molecule is NC(=O)CC[C@H](NC(=O)[C@H](Cc1ccc(O)cc1)NC(=O)[C@@H](N)Cc1ccc(O)cc1)C(=O)N[C@@H](CCC(=O)O)C(=O)O. The lowest BCUT2D eigenvalue weighted by Gasteiger charge is -2.25. The van der Waals surface area contributed by atoms with Gasteiger partial charge in [0.2, 0.25) is 23.6 Å². The molecule has 0 saturated carbocycles. The van der Waals surface area contributed by atoms with Gasteiger partial charge in [-0.25, -0.2) is 4.79 Å². The molecule has 0 fully saturated rings. The summed E-state index contributed by atoms with van der Waals surface area (Å²) in [5, 5.41) is 44.5. The van der Waals surface area contributed by atoms with Crippen molar-refractivity contribution in [3.8, 4) is 11.5 Å². The molecule has 2 rings (SSSR count). The van der Waals surface area contributed by atoms with Crippen molar-refractivity contribution in [3.63, 3.8) is 0 Å². The first kappa shape index (κ1) is 34.0. The van der Waals surface area contributed by atoms with Crippen molar-refractivity contribution < 1.29 is 49.2 Å². The summed E-state index contributed by atoms with van der Waals surface area (Å²) in [4.78, 5) is 73.3. The predicted molar refractivity (Wildman–Crippen MR) is 150 cm³/mol. The predicted octanol–water partition coefficient (Wildman–Crippen LogP) is -1.12. The second-order valence-electron chi connectivity index (χ2n) is 9.81. The van der Waals surface area contributed by atoms with Crippen molar-refractivity contribution in [1.82, 2.24) is 16.0 Å². The number of hydrogen-bond donors (Lipinski definition) is 9. The minimum Gasteiger partial charge on any atom is -0.508 e. The number of aliphatic carboxylic acids is 2. The monoisotopic (exact) mass is 601 g/mol. The van der Waals surface area contributed by atoms with Gasteiger partial charge in [-0.2, -0.15) is 0 Å². The summed E-state index contributed by atoms with van der Waals surface area (Å²) in [5.74, 6) is -6.20. The first-order valence-corrected chi connectivity index (χ1v) is 13.2. The molecule has 0 unspecified atom stereocenters. The third-order valence-corrected chi connectivity index (χ3v) is 6.31. The van der Waals surface area contributed by atoms with Gasteiger partial charge in [0, 0.05) is 19.3 Å². The van der Waals surface area contributed by atoms with E-state index in [1.165, 1.54) is 36.4 Å². The zero-order chi connectivity index (χ0) is 32.1. The molecule has 4 atom stereocenters. The lowest BCUT2D eigenvalue weighted by Crippen LogP contribution is -2.58. The van der Waals surface area contributed by atoms with Crippen LogP contribution in [0.4, 0.5) is 0 Å². The topological polar surface area (TPSA) is 271 Å². The fraction of sp³-hybridized carbons (Fsp3) is 0.357. The van der Waals surface area contributed by atoms with Crippen LogP contribution in [0.3, 0.4) is 0 Å². The summed E-state index contributed by atoms with van der Waals surface area (Å²) in [6, 6.07) is 6.27. The minimum absolute atomic E-state index is 0.0268. The molecule has 4 amide bonds. The second kappa shape index (κ2) is 16.3. The van der Waals surface area contributed by atoms with E-state index in [0.29, 0.717) is 11.1 Å². The van der Waals surface area contributed by atoms with Gasteiger partial charge >= 0.3 is 11.9 Å². The molecule has 0 heterocycles. The Morgan fingerprint density at radius 2 is 1.07 bits per heavy atom.